The second-order valence-electron chi connectivity index (χ2n) is 6.44. The number of ether oxygens (including phenoxy) is 1. The van der Waals surface area contributed by atoms with Gasteiger partial charge in [0.05, 0.1) is 4.90 Å². The van der Waals surface area contributed by atoms with Crippen molar-refractivity contribution >= 4 is 21.8 Å². The Morgan fingerprint density at radius 1 is 1.00 bits per heavy atom. The maximum Gasteiger partial charge on any atom is 0.329 e. The van der Waals surface area contributed by atoms with Crippen LogP contribution in [-0.4, -0.2) is 37.1 Å². The molecule has 142 valence electrons. The lowest BCUT2D eigenvalue weighted by molar-refractivity contribution is -0.139. The lowest BCUT2D eigenvalue weighted by atomic mass is 10.1. The van der Waals surface area contributed by atoms with E-state index < -0.39 is 22.0 Å². The number of hydrogen-bond acceptors (Lipinski definition) is 5. The number of Topliss-reactive ketones (excluding diaryl/α,β-unsaturated/α-hetero) is 1. The summed E-state index contributed by atoms with van der Waals surface area (Å²) in [6, 6.07) is 13.4. The molecule has 2 aromatic carbocycles. The van der Waals surface area contributed by atoms with Gasteiger partial charge in [-0.15, -0.1) is 0 Å². The van der Waals surface area contributed by atoms with E-state index in [0.717, 1.165) is 6.42 Å². The molecule has 2 aromatic rings. The Bertz CT molecular complexity index is 923. The molecule has 1 fully saturated rings. The van der Waals surface area contributed by atoms with Crippen molar-refractivity contribution in [3.05, 3.63) is 60.2 Å². The number of carbonyl (C=O) groups excluding carboxylic acids is 2. The van der Waals surface area contributed by atoms with Crippen molar-refractivity contribution in [2.24, 2.45) is 0 Å². The van der Waals surface area contributed by atoms with E-state index in [-0.39, 0.29) is 23.0 Å². The van der Waals surface area contributed by atoms with Crippen molar-refractivity contribution in [2.75, 3.05) is 6.54 Å². The molecular formula is C20H21NO5S. The topological polar surface area (TPSA) is 80.8 Å². The Balaban J connectivity index is 1.80. The largest absolute Gasteiger partial charge is 0.425 e. The van der Waals surface area contributed by atoms with Crippen molar-refractivity contribution in [2.45, 2.75) is 37.1 Å². The van der Waals surface area contributed by atoms with Crippen LogP contribution in [0.1, 0.15) is 36.5 Å². The van der Waals surface area contributed by atoms with Crippen LogP contribution in [0.2, 0.25) is 0 Å². The maximum absolute atomic E-state index is 13.0. The highest BCUT2D eigenvalue weighted by atomic mass is 32.2. The molecule has 6 nitrogen and oxygen atoms in total. The van der Waals surface area contributed by atoms with Crippen LogP contribution in [-0.2, 0) is 14.8 Å². The number of hydrogen-bond donors (Lipinski definition) is 0. The first-order valence-corrected chi connectivity index (χ1v) is 10.2. The summed E-state index contributed by atoms with van der Waals surface area (Å²) in [6.45, 7) is 1.73. The number of carbonyl (C=O) groups is 2. The predicted octanol–water partition coefficient (Wildman–Crippen LogP) is 3.04. The average molecular weight is 387 g/mol. The van der Waals surface area contributed by atoms with E-state index in [4.69, 9.17) is 4.74 Å². The lowest BCUT2D eigenvalue weighted by Gasteiger charge is -2.32. The molecule has 0 saturated carbocycles. The minimum atomic E-state index is -3.78. The fourth-order valence-corrected chi connectivity index (χ4v) is 4.77. The van der Waals surface area contributed by atoms with Crippen LogP contribution in [0.25, 0.3) is 0 Å². The van der Waals surface area contributed by atoms with Crippen LogP contribution >= 0.6 is 0 Å². The first kappa shape index (κ1) is 19.3. The van der Waals surface area contributed by atoms with E-state index >= 15 is 0 Å². The van der Waals surface area contributed by atoms with Gasteiger partial charge in [0.1, 0.15) is 11.8 Å². The highest BCUT2D eigenvalue weighted by molar-refractivity contribution is 7.89. The second kappa shape index (κ2) is 8.02. The summed E-state index contributed by atoms with van der Waals surface area (Å²) in [5.41, 5.74) is 0.515. The van der Waals surface area contributed by atoms with Crippen molar-refractivity contribution in [3.8, 4) is 5.75 Å². The van der Waals surface area contributed by atoms with E-state index in [1.807, 2.05) is 0 Å². The molecule has 7 heteroatoms. The van der Waals surface area contributed by atoms with Gasteiger partial charge in [-0.05, 0) is 62.6 Å². The Hall–Kier alpha value is -2.51. The summed E-state index contributed by atoms with van der Waals surface area (Å²) < 4.78 is 32.5. The number of ketones is 1. The molecular weight excluding hydrogens is 366 g/mol. The zero-order valence-electron chi connectivity index (χ0n) is 15.0. The quantitative estimate of drug-likeness (QED) is 0.447. The molecule has 0 aromatic heterocycles. The van der Waals surface area contributed by atoms with Crippen LogP contribution in [0, 0.1) is 0 Å². The van der Waals surface area contributed by atoms with E-state index in [0.29, 0.717) is 18.4 Å². The van der Waals surface area contributed by atoms with Gasteiger partial charge in [0.25, 0.3) is 0 Å². The maximum atomic E-state index is 13.0. The summed E-state index contributed by atoms with van der Waals surface area (Å²) in [4.78, 5) is 24.2. The van der Waals surface area contributed by atoms with Gasteiger partial charge >= 0.3 is 5.97 Å². The van der Waals surface area contributed by atoms with Gasteiger partial charge < -0.3 is 4.74 Å². The molecule has 0 bridgehead atoms. The predicted molar refractivity (Wildman–Crippen MR) is 100 cm³/mol. The number of benzene rings is 2. The summed E-state index contributed by atoms with van der Waals surface area (Å²) >= 11 is 0. The van der Waals surface area contributed by atoms with Gasteiger partial charge in [0.15, 0.2) is 5.78 Å². The highest BCUT2D eigenvalue weighted by Crippen LogP contribution is 2.26. The Labute approximate surface area is 158 Å². The summed E-state index contributed by atoms with van der Waals surface area (Å²) in [7, 11) is -3.78. The summed E-state index contributed by atoms with van der Waals surface area (Å²) in [6.07, 6.45) is 1.86. The molecule has 0 spiro atoms. The fraction of sp³-hybridized carbons (Fsp3) is 0.300. The van der Waals surface area contributed by atoms with Crippen molar-refractivity contribution < 1.29 is 22.7 Å². The normalized spacial score (nSPS) is 18.0. The van der Waals surface area contributed by atoms with E-state index in [2.05, 4.69) is 0 Å². The smallest absolute Gasteiger partial charge is 0.329 e. The zero-order chi connectivity index (χ0) is 19.4. The van der Waals surface area contributed by atoms with Crippen LogP contribution in [0.15, 0.2) is 59.5 Å². The van der Waals surface area contributed by atoms with Crippen LogP contribution in [0.4, 0.5) is 0 Å². The third-order valence-corrected chi connectivity index (χ3v) is 6.48. The molecule has 1 atom stereocenters. The number of nitrogens with zero attached hydrogens (tertiary/aromatic N) is 1. The molecule has 1 aliphatic rings. The molecule has 0 N–H and O–H groups in total. The Morgan fingerprint density at radius 2 is 1.67 bits per heavy atom. The van der Waals surface area contributed by atoms with Gasteiger partial charge in [0, 0.05) is 12.1 Å². The van der Waals surface area contributed by atoms with Crippen LogP contribution in [0.3, 0.4) is 0 Å². The van der Waals surface area contributed by atoms with Gasteiger partial charge in [0.2, 0.25) is 10.0 Å². The second-order valence-corrected chi connectivity index (χ2v) is 8.33. The van der Waals surface area contributed by atoms with Crippen LogP contribution < -0.4 is 4.74 Å². The number of piperidine rings is 1. The minimum absolute atomic E-state index is 0.0831. The van der Waals surface area contributed by atoms with Crippen molar-refractivity contribution in [1.82, 2.24) is 4.31 Å². The van der Waals surface area contributed by atoms with E-state index in [9.17, 15) is 18.0 Å². The monoisotopic (exact) mass is 387 g/mol. The molecule has 0 amide bonds. The van der Waals surface area contributed by atoms with Gasteiger partial charge in [-0.3, -0.25) is 4.79 Å². The molecule has 3 rings (SSSR count). The minimum Gasteiger partial charge on any atom is -0.425 e. The zero-order valence-corrected chi connectivity index (χ0v) is 15.8. The number of rotatable bonds is 5. The van der Waals surface area contributed by atoms with Crippen molar-refractivity contribution in [1.29, 1.82) is 0 Å². The third-order valence-electron chi connectivity index (χ3n) is 4.55. The first-order valence-electron chi connectivity index (χ1n) is 8.79. The SMILES string of the molecule is CC(=O)c1ccc(OC(=O)[C@@H]2CCCCN2S(=O)(=O)c2ccccc2)cc1. The Morgan fingerprint density at radius 3 is 2.30 bits per heavy atom. The molecule has 1 saturated heterocycles. The third kappa shape index (κ3) is 4.26. The molecule has 1 aliphatic heterocycles. The standard InChI is InChI=1S/C20H21NO5S/c1-15(22)16-10-12-17(13-11-16)26-20(23)19-9-5-6-14-21(19)27(24,25)18-7-3-2-4-8-18/h2-4,7-8,10-13,19H,5-6,9,14H2,1H3/t19-/m0/s1. The van der Waals surface area contributed by atoms with E-state index in [1.54, 1.807) is 30.3 Å². The number of esters is 1. The van der Waals surface area contributed by atoms with Gasteiger partial charge in [-0.1, -0.05) is 18.2 Å². The first-order chi connectivity index (χ1) is 12.9. The molecule has 0 radical (unpaired) electrons. The Kier molecular flexibility index (Phi) is 5.72. The van der Waals surface area contributed by atoms with Gasteiger partial charge in [-0.2, -0.15) is 4.31 Å². The average Bonchev–Trinajstić information content (AvgIpc) is 2.69. The highest BCUT2D eigenvalue weighted by Gasteiger charge is 2.38. The summed E-state index contributed by atoms with van der Waals surface area (Å²) in [5.74, 6) is -0.405. The van der Waals surface area contributed by atoms with Crippen molar-refractivity contribution in [3.63, 3.8) is 0 Å². The van der Waals surface area contributed by atoms with Crippen LogP contribution in [0.5, 0.6) is 5.75 Å². The number of sulfonamides is 1. The van der Waals surface area contributed by atoms with E-state index in [1.165, 1.54) is 35.5 Å². The molecule has 0 aliphatic carbocycles. The lowest BCUT2D eigenvalue weighted by Crippen LogP contribution is -2.49. The molecule has 1 heterocycles. The fourth-order valence-electron chi connectivity index (χ4n) is 3.10. The summed E-state index contributed by atoms with van der Waals surface area (Å²) in [5, 5.41) is 0. The molecule has 0 unspecified atom stereocenters. The van der Waals surface area contributed by atoms with Gasteiger partial charge in [-0.25, -0.2) is 13.2 Å². The molecule has 27 heavy (non-hydrogen) atoms.